The molecule has 3 atom stereocenters. The number of alkyl halides is 2. The Bertz CT molecular complexity index is 1190. The van der Waals surface area contributed by atoms with E-state index in [0.717, 1.165) is 6.26 Å². The van der Waals surface area contributed by atoms with E-state index in [2.05, 4.69) is 14.7 Å². The largest absolute Gasteiger partial charge is 0.493 e. The molecule has 1 unspecified atom stereocenters. The number of hydrogen-bond donors (Lipinski definition) is 2. The number of anilines is 1. The van der Waals surface area contributed by atoms with Gasteiger partial charge in [0.25, 0.3) is 5.92 Å². The first-order chi connectivity index (χ1) is 15.0. The van der Waals surface area contributed by atoms with E-state index in [1.165, 1.54) is 0 Å². The summed E-state index contributed by atoms with van der Waals surface area (Å²) in [6.07, 6.45) is 0.885. The van der Waals surface area contributed by atoms with E-state index in [0.29, 0.717) is 41.2 Å². The predicted octanol–water partition coefficient (Wildman–Crippen LogP) is 2.12. The maximum Gasteiger partial charge on any atom is 0.290 e. The molecule has 0 saturated carbocycles. The Labute approximate surface area is 184 Å². The Morgan fingerprint density at radius 3 is 2.78 bits per heavy atom. The number of ether oxygens (including phenoxy) is 1. The molecule has 5 rings (SSSR count). The molecule has 8 nitrogen and oxygen atoms in total. The molecule has 3 heterocycles. The number of halogens is 2. The summed E-state index contributed by atoms with van der Waals surface area (Å²) in [6, 6.07) is 4.56. The molecule has 0 bridgehead atoms. The van der Waals surface area contributed by atoms with Crippen LogP contribution < -0.4 is 14.4 Å². The molecular formula is C21H24F2N4O4S. The summed E-state index contributed by atoms with van der Waals surface area (Å²) in [5.41, 5.74) is 1.87. The van der Waals surface area contributed by atoms with Crippen molar-refractivity contribution in [3.63, 3.8) is 0 Å². The predicted molar refractivity (Wildman–Crippen MR) is 113 cm³/mol. The highest BCUT2D eigenvalue weighted by Gasteiger charge is 2.45. The van der Waals surface area contributed by atoms with Crippen LogP contribution in [0.5, 0.6) is 5.75 Å². The lowest BCUT2D eigenvalue weighted by Gasteiger charge is -2.43. The van der Waals surface area contributed by atoms with Gasteiger partial charge in [-0.05, 0) is 19.4 Å². The van der Waals surface area contributed by atoms with E-state index < -0.39 is 28.1 Å². The van der Waals surface area contributed by atoms with Gasteiger partial charge in [0.05, 0.1) is 36.7 Å². The van der Waals surface area contributed by atoms with Gasteiger partial charge >= 0.3 is 0 Å². The van der Waals surface area contributed by atoms with Gasteiger partial charge < -0.3 is 14.7 Å². The van der Waals surface area contributed by atoms with Crippen molar-refractivity contribution in [1.29, 1.82) is 0 Å². The number of rotatable bonds is 4. The number of aromatic nitrogens is 2. The summed E-state index contributed by atoms with van der Waals surface area (Å²) >= 11 is 0. The Kier molecular flexibility index (Phi) is 4.91. The highest BCUT2D eigenvalue weighted by molar-refractivity contribution is 7.88. The van der Waals surface area contributed by atoms with Crippen molar-refractivity contribution in [2.24, 2.45) is 0 Å². The zero-order chi connectivity index (χ0) is 22.8. The minimum Gasteiger partial charge on any atom is -0.493 e. The van der Waals surface area contributed by atoms with Crippen LogP contribution in [-0.2, 0) is 22.4 Å². The summed E-state index contributed by atoms with van der Waals surface area (Å²) < 4.78 is 61.0. The Morgan fingerprint density at radius 2 is 2.09 bits per heavy atom. The normalized spacial score (nSPS) is 26.2. The monoisotopic (exact) mass is 466 g/mol. The van der Waals surface area contributed by atoms with Crippen molar-refractivity contribution in [3.8, 4) is 17.0 Å². The molecule has 11 heteroatoms. The Hall–Kier alpha value is -2.37. The molecule has 3 aliphatic rings. The van der Waals surface area contributed by atoms with Crippen LogP contribution in [0.1, 0.15) is 42.6 Å². The number of nitrogens with zero attached hydrogens (tertiary/aromatic N) is 3. The fourth-order valence-electron chi connectivity index (χ4n) is 4.55. The molecule has 32 heavy (non-hydrogen) atoms. The lowest BCUT2D eigenvalue weighted by atomic mass is 9.97. The second kappa shape index (κ2) is 7.32. The fourth-order valence-corrected chi connectivity index (χ4v) is 5.31. The Balaban J connectivity index is 1.59. The lowest BCUT2D eigenvalue weighted by molar-refractivity contribution is -0.00603. The highest BCUT2D eigenvalue weighted by Crippen LogP contribution is 2.46. The van der Waals surface area contributed by atoms with Crippen molar-refractivity contribution >= 4 is 16.0 Å². The first-order valence-corrected chi connectivity index (χ1v) is 12.4. The van der Waals surface area contributed by atoms with Gasteiger partial charge in [0.15, 0.2) is 0 Å². The molecule has 2 aromatic rings. The standard InChI is InChI=1S/C21H24F2N4O4S/c1-11-16(28)10-27(11)20-24-18(14-5-7-21(22,23)19(14)25-20)12-3-4-13-15(26-32(2,29)30)6-8-31-17(13)9-12/h3-4,9,11,15-16,26,28H,5-8,10H2,1-2H3/t11-,15?,16+/m0/s1. The molecule has 0 amide bonds. The van der Waals surface area contributed by atoms with Crippen LogP contribution in [0.4, 0.5) is 14.7 Å². The SMILES string of the molecule is C[C@H]1[C@H](O)CN1c1nc(-c2ccc3c(c2)OCCC3NS(C)(=O)=O)c2c(n1)C(F)(F)CC2. The number of benzene rings is 1. The van der Waals surface area contributed by atoms with Gasteiger partial charge in [0, 0.05) is 36.1 Å². The number of β-amino-alcohol motifs (C(OH)–C–C–N with tert-alkyl or cyclic N) is 1. The second-order valence-corrected chi connectivity index (χ2v) is 10.5. The van der Waals surface area contributed by atoms with Crippen LogP contribution in [0.2, 0.25) is 0 Å². The van der Waals surface area contributed by atoms with Crippen LogP contribution in [0, 0.1) is 0 Å². The summed E-state index contributed by atoms with van der Waals surface area (Å²) in [6.45, 7) is 2.42. The topological polar surface area (TPSA) is 105 Å². The summed E-state index contributed by atoms with van der Waals surface area (Å²) in [7, 11) is -3.41. The number of nitrogens with one attached hydrogen (secondary N) is 1. The molecule has 1 aliphatic carbocycles. The maximum absolute atomic E-state index is 14.6. The number of aliphatic hydroxyl groups is 1. The third kappa shape index (κ3) is 3.61. The van der Waals surface area contributed by atoms with Crippen LogP contribution in [0.25, 0.3) is 11.3 Å². The van der Waals surface area contributed by atoms with Crippen molar-refractivity contribution in [2.75, 3.05) is 24.3 Å². The van der Waals surface area contributed by atoms with E-state index in [1.807, 2.05) is 0 Å². The van der Waals surface area contributed by atoms with Gasteiger partial charge in [-0.2, -0.15) is 8.78 Å². The summed E-state index contributed by atoms with van der Waals surface area (Å²) in [5.74, 6) is -2.36. The third-order valence-electron chi connectivity index (χ3n) is 6.40. The minimum atomic E-state index is -3.41. The molecule has 2 N–H and O–H groups in total. The van der Waals surface area contributed by atoms with Gasteiger partial charge in [0.1, 0.15) is 11.4 Å². The molecule has 0 spiro atoms. The first kappa shape index (κ1) is 21.5. The van der Waals surface area contributed by atoms with E-state index in [1.54, 1.807) is 30.0 Å². The molecule has 2 aliphatic heterocycles. The number of fused-ring (bicyclic) bond motifs is 2. The first-order valence-electron chi connectivity index (χ1n) is 10.5. The van der Waals surface area contributed by atoms with Gasteiger partial charge in [-0.3, -0.25) is 0 Å². The second-order valence-electron chi connectivity index (χ2n) is 8.70. The van der Waals surface area contributed by atoms with E-state index in [9.17, 15) is 22.3 Å². The van der Waals surface area contributed by atoms with Crippen LogP contribution in [0.15, 0.2) is 18.2 Å². The van der Waals surface area contributed by atoms with Crippen molar-refractivity contribution in [1.82, 2.24) is 14.7 Å². The van der Waals surface area contributed by atoms with Crippen LogP contribution >= 0.6 is 0 Å². The third-order valence-corrected chi connectivity index (χ3v) is 7.12. The average Bonchev–Trinajstić information content (AvgIpc) is 3.04. The smallest absolute Gasteiger partial charge is 0.290 e. The lowest BCUT2D eigenvalue weighted by Crippen LogP contribution is -2.59. The van der Waals surface area contributed by atoms with Gasteiger partial charge in [-0.15, -0.1) is 0 Å². The van der Waals surface area contributed by atoms with Gasteiger partial charge in [0.2, 0.25) is 16.0 Å². The molecule has 1 fully saturated rings. The summed E-state index contributed by atoms with van der Waals surface area (Å²) in [4.78, 5) is 10.5. The van der Waals surface area contributed by atoms with Crippen molar-refractivity contribution < 1.29 is 27.0 Å². The average molecular weight is 467 g/mol. The van der Waals surface area contributed by atoms with Crippen molar-refractivity contribution in [2.45, 2.75) is 50.3 Å². The zero-order valence-electron chi connectivity index (χ0n) is 17.7. The number of aliphatic hydroxyl groups excluding tert-OH is 1. The highest BCUT2D eigenvalue weighted by atomic mass is 32.2. The number of hydrogen-bond acceptors (Lipinski definition) is 7. The Morgan fingerprint density at radius 1 is 1.31 bits per heavy atom. The summed E-state index contributed by atoms with van der Waals surface area (Å²) in [5, 5.41) is 9.86. The number of sulfonamides is 1. The van der Waals surface area contributed by atoms with E-state index in [4.69, 9.17) is 4.74 Å². The maximum atomic E-state index is 14.6. The molecule has 0 radical (unpaired) electrons. The minimum absolute atomic E-state index is 0.159. The molecule has 1 saturated heterocycles. The van der Waals surface area contributed by atoms with Gasteiger partial charge in [-0.1, -0.05) is 12.1 Å². The van der Waals surface area contributed by atoms with Crippen LogP contribution in [0.3, 0.4) is 0 Å². The van der Waals surface area contributed by atoms with E-state index >= 15 is 0 Å². The quantitative estimate of drug-likeness (QED) is 0.711. The van der Waals surface area contributed by atoms with Gasteiger partial charge in [-0.25, -0.2) is 23.1 Å². The molecule has 172 valence electrons. The molecule has 1 aromatic heterocycles. The van der Waals surface area contributed by atoms with Crippen LogP contribution in [-0.4, -0.2) is 55.0 Å². The molecular weight excluding hydrogens is 442 g/mol. The van der Waals surface area contributed by atoms with Crippen molar-refractivity contribution in [3.05, 3.63) is 35.0 Å². The fraction of sp³-hybridized carbons (Fsp3) is 0.524. The zero-order valence-corrected chi connectivity index (χ0v) is 18.5. The molecule has 1 aromatic carbocycles. The van der Waals surface area contributed by atoms with E-state index in [-0.39, 0.29) is 37.1 Å².